The standard InChI is InChI=1S/C10H19N5O/c1-5-15(8(2)7-14(3)4)10(16)9-6-11-13-12-9/h6,8H,5,7H2,1-4H3,(H,11,12,13). The molecule has 6 heteroatoms. The van der Waals surface area contributed by atoms with Crippen molar-refractivity contribution in [3.05, 3.63) is 11.9 Å². The summed E-state index contributed by atoms with van der Waals surface area (Å²) in [5.74, 6) is -0.0781. The third kappa shape index (κ3) is 3.03. The van der Waals surface area contributed by atoms with Crippen LogP contribution in [0.15, 0.2) is 6.20 Å². The molecule has 0 aliphatic carbocycles. The van der Waals surface area contributed by atoms with Crippen LogP contribution in [-0.2, 0) is 0 Å². The molecule has 1 aromatic heterocycles. The predicted octanol–water partition coefficient (Wildman–Crippen LogP) is 0.217. The zero-order chi connectivity index (χ0) is 12.1. The van der Waals surface area contributed by atoms with Gasteiger partial charge in [-0.15, -0.1) is 0 Å². The number of carbonyl (C=O) groups excluding carboxylic acids is 1. The first-order valence-corrected chi connectivity index (χ1v) is 5.37. The summed E-state index contributed by atoms with van der Waals surface area (Å²) in [7, 11) is 3.98. The molecule has 0 radical (unpaired) electrons. The Balaban J connectivity index is 2.70. The zero-order valence-corrected chi connectivity index (χ0v) is 10.3. The molecule has 0 spiro atoms. The lowest BCUT2D eigenvalue weighted by molar-refractivity contribution is 0.0673. The predicted molar refractivity (Wildman–Crippen MR) is 61.1 cm³/mol. The highest BCUT2D eigenvalue weighted by atomic mass is 16.2. The van der Waals surface area contributed by atoms with Crippen molar-refractivity contribution >= 4 is 5.91 Å². The van der Waals surface area contributed by atoms with E-state index in [9.17, 15) is 4.79 Å². The van der Waals surface area contributed by atoms with E-state index in [2.05, 4.69) is 20.3 Å². The lowest BCUT2D eigenvalue weighted by atomic mass is 10.2. The third-order valence-electron chi connectivity index (χ3n) is 2.40. The molecule has 0 saturated heterocycles. The molecule has 1 unspecified atom stereocenters. The summed E-state index contributed by atoms with van der Waals surface area (Å²) >= 11 is 0. The van der Waals surface area contributed by atoms with Gasteiger partial charge in [0.2, 0.25) is 0 Å². The van der Waals surface area contributed by atoms with Gasteiger partial charge < -0.3 is 9.80 Å². The topological polar surface area (TPSA) is 65.1 Å². The van der Waals surface area contributed by atoms with Crippen molar-refractivity contribution in [1.82, 2.24) is 25.2 Å². The van der Waals surface area contributed by atoms with Crippen LogP contribution in [0, 0.1) is 0 Å². The van der Waals surface area contributed by atoms with Crippen molar-refractivity contribution < 1.29 is 4.79 Å². The third-order valence-corrected chi connectivity index (χ3v) is 2.40. The summed E-state index contributed by atoms with van der Waals surface area (Å²) in [5, 5.41) is 9.90. The monoisotopic (exact) mass is 225 g/mol. The fourth-order valence-corrected chi connectivity index (χ4v) is 1.73. The van der Waals surface area contributed by atoms with Crippen LogP contribution in [0.25, 0.3) is 0 Å². The van der Waals surface area contributed by atoms with Gasteiger partial charge >= 0.3 is 0 Å². The molecule has 1 atom stereocenters. The van der Waals surface area contributed by atoms with Crippen LogP contribution in [0.1, 0.15) is 24.3 Å². The molecule has 6 nitrogen and oxygen atoms in total. The molecule has 0 saturated carbocycles. The van der Waals surface area contributed by atoms with E-state index in [0.717, 1.165) is 6.54 Å². The number of hydrogen-bond acceptors (Lipinski definition) is 4. The molecule has 0 aliphatic rings. The molecule has 0 fully saturated rings. The summed E-state index contributed by atoms with van der Waals surface area (Å²) in [6, 6.07) is 0.157. The largest absolute Gasteiger partial charge is 0.333 e. The number of amides is 1. The summed E-state index contributed by atoms with van der Waals surface area (Å²) in [6.07, 6.45) is 1.45. The van der Waals surface area contributed by atoms with Crippen molar-refractivity contribution in [2.24, 2.45) is 0 Å². The minimum absolute atomic E-state index is 0.0781. The molecular weight excluding hydrogens is 206 g/mol. The number of nitrogens with one attached hydrogen (secondary N) is 1. The molecule has 1 N–H and O–H groups in total. The molecule has 90 valence electrons. The highest BCUT2D eigenvalue weighted by Crippen LogP contribution is 2.05. The SMILES string of the molecule is CCN(C(=O)c1cn[nH]n1)C(C)CN(C)C. The quantitative estimate of drug-likeness (QED) is 0.778. The maximum absolute atomic E-state index is 12.0. The Kier molecular flexibility index (Phi) is 4.42. The van der Waals surface area contributed by atoms with Gasteiger partial charge in [0.1, 0.15) is 0 Å². The minimum Gasteiger partial charge on any atom is -0.333 e. The van der Waals surface area contributed by atoms with E-state index in [1.165, 1.54) is 6.20 Å². The van der Waals surface area contributed by atoms with E-state index in [-0.39, 0.29) is 11.9 Å². The van der Waals surface area contributed by atoms with E-state index < -0.39 is 0 Å². The smallest absolute Gasteiger partial charge is 0.276 e. The number of H-pyrrole nitrogens is 1. The van der Waals surface area contributed by atoms with Gasteiger partial charge in [0, 0.05) is 19.1 Å². The van der Waals surface area contributed by atoms with Gasteiger partial charge in [-0.25, -0.2) is 0 Å². The average Bonchev–Trinajstić information content (AvgIpc) is 2.69. The molecule has 0 aromatic carbocycles. The fourth-order valence-electron chi connectivity index (χ4n) is 1.73. The summed E-state index contributed by atoms with van der Waals surface area (Å²) in [6.45, 7) is 5.49. The van der Waals surface area contributed by atoms with Crippen LogP contribution in [0.5, 0.6) is 0 Å². The first-order chi connectivity index (χ1) is 7.56. The number of hydrogen-bond donors (Lipinski definition) is 1. The molecule has 0 aliphatic heterocycles. The summed E-state index contributed by atoms with van der Waals surface area (Å²) in [5.41, 5.74) is 0.368. The van der Waals surface area contributed by atoms with E-state index >= 15 is 0 Å². The Bertz CT molecular complexity index is 322. The number of likely N-dealkylation sites (N-methyl/N-ethyl adjacent to an activating group) is 2. The van der Waals surface area contributed by atoms with E-state index in [0.29, 0.717) is 12.2 Å². The summed E-state index contributed by atoms with van der Waals surface area (Å²) < 4.78 is 0. The first-order valence-electron chi connectivity index (χ1n) is 5.37. The fraction of sp³-hybridized carbons (Fsp3) is 0.700. The second-order valence-corrected chi connectivity index (χ2v) is 4.06. The first kappa shape index (κ1) is 12.6. The maximum atomic E-state index is 12.0. The van der Waals surface area contributed by atoms with Crippen LogP contribution < -0.4 is 0 Å². The molecule has 16 heavy (non-hydrogen) atoms. The van der Waals surface area contributed by atoms with Crippen molar-refractivity contribution in [2.45, 2.75) is 19.9 Å². The van der Waals surface area contributed by atoms with Crippen LogP contribution in [0.4, 0.5) is 0 Å². The highest BCUT2D eigenvalue weighted by molar-refractivity contribution is 5.92. The molecule has 1 aromatic rings. The Morgan fingerprint density at radius 1 is 1.56 bits per heavy atom. The Labute approximate surface area is 95.6 Å². The number of aromatic nitrogens is 3. The van der Waals surface area contributed by atoms with Crippen molar-refractivity contribution in [3.63, 3.8) is 0 Å². The number of nitrogens with zero attached hydrogens (tertiary/aromatic N) is 4. The molecule has 1 heterocycles. The number of carbonyl (C=O) groups is 1. The van der Waals surface area contributed by atoms with Crippen molar-refractivity contribution in [1.29, 1.82) is 0 Å². The minimum atomic E-state index is -0.0781. The van der Waals surface area contributed by atoms with E-state index in [1.54, 1.807) is 4.90 Å². The van der Waals surface area contributed by atoms with E-state index in [1.807, 2.05) is 27.9 Å². The Morgan fingerprint density at radius 2 is 2.25 bits per heavy atom. The lowest BCUT2D eigenvalue weighted by Gasteiger charge is -2.29. The average molecular weight is 225 g/mol. The van der Waals surface area contributed by atoms with Crippen LogP contribution in [-0.4, -0.2) is 64.3 Å². The van der Waals surface area contributed by atoms with Gasteiger partial charge in [0.15, 0.2) is 5.69 Å². The molecular formula is C10H19N5O. The van der Waals surface area contributed by atoms with Gasteiger partial charge in [0.05, 0.1) is 6.20 Å². The van der Waals surface area contributed by atoms with Crippen molar-refractivity contribution in [2.75, 3.05) is 27.2 Å². The molecule has 1 amide bonds. The highest BCUT2D eigenvalue weighted by Gasteiger charge is 2.21. The van der Waals surface area contributed by atoms with Gasteiger partial charge in [0.25, 0.3) is 5.91 Å². The Morgan fingerprint density at radius 3 is 2.69 bits per heavy atom. The number of rotatable bonds is 5. The molecule has 0 bridgehead atoms. The normalized spacial score (nSPS) is 12.8. The van der Waals surface area contributed by atoms with Gasteiger partial charge in [-0.1, -0.05) is 0 Å². The van der Waals surface area contributed by atoms with Crippen LogP contribution in [0.3, 0.4) is 0 Å². The number of aromatic amines is 1. The lowest BCUT2D eigenvalue weighted by Crippen LogP contribution is -2.43. The second kappa shape index (κ2) is 5.60. The second-order valence-electron chi connectivity index (χ2n) is 4.06. The van der Waals surface area contributed by atoms with Gasteiger partial charge in [-0.2, -0.15) is 15.4 Å². The van der Waals surface area contributed by atoms with Gasteiger partial charge in [-0.05, 0) is 27.9 Å². The zero-order valence-electron chi connectivity index (χ0n) is 10.3. The molecule has 1 rings (SSSR count). The van der Waals surface area contributed by atoms with Gasteiger partial charge in [-0.3, -0.25) is 4.79 Å². The Hall–Kier alpha value is -1.43. The summed E-state index contributed by atoms with van der Waals surface area (Å²) in [4.78, 5) is 15.9. The van der Waals surface area contributed by atoms with Crippen LogP contribution in [0.2, 0.25) is 0 Å². The van der Waals surface area contributed by atoms with E-state index in [4.69, 9.17) is 0 Å². The maximum Gasteiger partial charge on any atom is 0.276 e. The van der Waals surface area contributed by atoms with Crippen LogP contribution >= 0.6 is 0 Å². The van der Waals surface area contributed by atoms with Crippen molar-refractivity contribution in [3.8, 4) is 0 Å².